The van der Waals surface area contributed by atoms with Crippen molar-refractivity contribution in [3.8, 4) is 11.8 Å². The molecule has 0 spiro atoms. The highest BCUT2D eigenvalue weighted by molar-refractivity contribution is 6.06. The van der Waals surface area contributed by atoms with E-state index in [0.717, 1.165) is 34.4 Å². The number of fused-ring (bicyclic) bond motifs is 3. The first-order valence-electron chi connectivity index (χ1n) is 9.08. The van der Waals surface area contributed by atoms with Crippen molar-refractivity contribution in [2.24, 2.45) is 0 Å². The summed E-state index contributed by atoms with van der Waals surface area (Å²) in [6, 6.07) is 12.6. The van der Waals surface area contributed by atoms with Gasteiger partial charge in [-0.1, -0.05) is 43.0 Å². The zero-order valence-electron chi connectivity index (χ0n) is 15.6. The lowest BCUT2D eigenvalue weighted by Crippen LogP contribution is -2.04. The van der Waals surface area contributed by atoms with E-state index in [4.69, 9.17) is 5.73 Å². The molecule has 4 aromatic rings. The first-order valence-corrected chi connectivity index (χ1v) is 9.08. The normalized spacial score (nSPS) is 11.6. The number of hydrogen-bond donors (Lipinski definition) is 1. The van der Waals surface area contributed by atoms with Crippen LogP contribution in [-0.4, -0.2) is 14.5 Å². The molecular formula is C22H17F3N4. The highest BCUT2D eigenvalue weighted by Gasteiger charge is 2.30. The van der Waals surface area contributed by atoms with E-state index in [1.165, 1.54) is 6.07 Å². The second kappa shape index (κ2) is 7.13. The van der Waals surface area contributed by atoms with Crippen molar-refractivity contribution in [2.75, 3.05) is 5.73 Å². The largest absolute Gasteiger partial charge is 0.416 e. The summed E-state index contributed by atoms with van der Waals surface area (Å²) < 4.78 is 40.6. The van der Waals surface area contributed by atoms with Gasteiger partial charge in [0.2, 0.25) is 0 Å². The minimum absolute atomic E-state index is 0.281. The van der Waals surface area contributed by atoms with Crippen LogP contribution in [0.4, 0.5) is 19.0 Å². The molecule has 0 fully saturated rings. The zero-order chi connectivity index (χ0) is 20.6. The van der Waals surface area contributed by atoms with Gasteiger partial charge in [-0.3, -0.25) is 0 Å². The molecule has 29 heavy (non-hydrogen) atoms. The monoisotopic (exact) mass is 394 g/mol. The number of pyridine rings is 1. The van der Waals surface area contributed by atoms with Crippen LogP contribution < -0.4 is 5.73 Å². The van der Waals surface area contributed by atoms with Crippen molar-refractivity contribution < 1.29 is 13.2 Å². The lowest BCUT2D eigenvalue weighted by molar-refractivity contribution is -0.137. The predicted molar refractivity (Wildman–Crippen MR) is 107 cm³/mol. The minimum Gasteiger partial charge on any atom is -0.382 e. The molecule has 4 rings (SSSR count). The fourth-order valence-electron chi connectivity index (χ4n) is 3.34. The van der Waals surface area contributed by atoms with Crippen LogP contribution in [0, 0.1) is 11.8 Å². The number of nitrogens with zero attached hydrogens (tertiary/aromatic N) is 3. The first kappa shape index (κ1) is 18.8. The van der Waals surface area contributed by atoms with E-state index in [2.05, 4.69) is 21.8 Å². The minimum atomic E-state index is -4.39. The lowest BCUT2D eigenvalue weighted by atomic mass is 10.1. The van der Waals surface area contributed by atoms with Gasteiger partial charge in [0.25, 0.3) is 0 Å². The maximum Gasteiger partial charge on any atom is 0.416 e. The standard InChI is InChI=1S/C22H17F3N4/c1-2-18-28-19-20(16-10-3-4-11-17(16)27-21(19)26)29(18)12-6-8-14-7-5-9-15(13-14)22(23,24)25/h3-5,7,9-11,13H,2,12H2,1H3,(H2,26,27). The predicted octanol–water partition coefficient (Wildman–Crippen LogP) is 4.80. The first-order chi connectivity index (χ1) is 13.9. The highest BCUT2D eigenvalue weighted by atomic mass is 19.4. The third-order valence-corrected chi connectivity index (χ3v) is 4.67. The number of halogens is 3. The van der Waals surface area contributed by atoms with E-state index < -0.39 is 11.7 Å². The zero-order valence-corrected chi connectivity index (χ0v) is 15.6. The molecule has 0 amide bonds. The van der Waals surface area contributed by atoms with Crippen LogP contribution in [0.15, 0.2) is 48.5 Å². The number of para-hydroxylation sites is 1. The van der Waals surface area contributed by atoms with Crippen molar-refractivity contribution >= 4 is 27.8 Å². The average Bonchev–Trinajstić information content (AvgIpc) is 3.07. The summed E-state index contributed by atoms with van der Waals surface area (Å²) >= 11 is 0. The highest BCUT2D eigenvalue weighted by Crippen LogP contribution is 2.30. The number of aryl methyl sites for hydroxylation is 1. The summed E-state index contributed by atoms with van der Waals surface area (Å²) in [6.07, 6.45) is -3.73. The van der Waals surface area contributed by atoms with Crippen molar-refractivity contribution in [3.63, 3.8) is 0 Å². The summed E-state index contributed by atoms with van der Waals surface area (Å²) in [7, 11) is 0. The second-order valence-electron chi connectivity index (χ2n) is 6.56. The number of rotatable bonds is 2. The molecular weight excluding hydrogens is 377 g/mol. The number of nitrogens with two attached hydrogens (primary N) is 1. The maximum atomic E-state index is 12.9. The summed E-state index contributed by atoms with van der Waals surface area (Å²) in [5.41, 5.74) is 7.91. The number of aromatic nitrogens is 3. The Kier molecular flexibility index (Phi) is 4.63. The molecule has 2 heterocycles. The van der Waals surface area contributed by atoms with Crippen LogP contribution in [0.1, 0.15) is 23.9 Å². The summed E-state index contributed by atoms with van der Waals surface area (Å²) in [4.78, 5) is 9.02. The molecule has 2 N–H and O–H groups in total. The average molecular weight is 394 g/mol. The van der Waals surface area contributed by atoms with E-state index in [1.54, 1.807) is 6.07 Å². The second-order valence-corrected chi connectivity index (χ2v) is 6.56. The van der Waals surface area contributed by atoms with Gasteiger partial charge in [-0.25, -0.2) is 9.97 Å². The van der Waals surface area contributed by atoms with Gasteiger partial charge in [-0.05, 0) is 24.3 Å². The van der Waals surface area contributed by atoms with Gasteiger partial charge in [0.1, 0.15) is 11.3 Å². The van der Waals surface area contributed by atoms with Gasteiger partial charge in [-0.15, -0.1) is 0 Å². The summed E-state index contributed by atoms with van der Waals surface area (Å²) in [5.74, 6) is 6.95. The molecule has 0 saturated heterocycles. The molecule has 2 aromatic carbocycles. The smallest absolute Gasteiger partial charge is 0.382 e. The van der Waals surface area contributed by atoms with Crippen LogP contribution in [0.2, 0.25) is 0 Å². The van der Waals surface area contributed by atoms with Crippen molar-refractivity contribution in [3.05, 3.63) is 65.5 Å². The van der Waals surface area contributed by atoms with Gasteiger partial charge in [0.05, 0.1) is 23.1 Å². The van der Waals surface area contributed by atoms with Gasteiger partial charge < -0.3 is 10.3 Å². The molecule has 0 aliphatic heterocycles. The Labute approximate surface area is 165 Å². The number of benzene rings is 2. The number of anilines is 1. The fourth-order valence-corrected chi connectivity index (χ4v) is 3.34. The van der Waals surface area contributed by atoms with E-state index >= 15 is 0 Å². The molecule has 0 unspecified atom stereocenters. The molecule has 0 bridgehead atoms. The molecule has 2 aromatic heterocycles. The Morgan fingerprint density at radius 3 is 2.62 bits per heavy atom. The van der Waals surface area contributed by atoms with Crippen LogP contribution in [0.3, 0.4) is 0 Å². The Hall–Kier alpha value is -3.53. The molecule has 7 heteroatoms. The van der Waals surface area contributed by atoms with E-state index in [1.807, 2.05) is 35.8 Å². The van der Waals surface area contributed by atoms with Gasteiger partial charge in [0, 0.05) is 17.4 Å². The molecule has 146 valence electrons. The van der Waals surface area contributed by atoms with Crippen LogP contribution >= 0.6 is 0 Å². The molecule has 0 radical (unpaired) electrons. The molecule has 0 aliphatic carbocycles. The van der Waals surface area contributed by atoms with Crippen molar-refractivity contribution in [2.45, 2.75) is 26.1 Å². The quantitative estimate of drug-likeness (QED) is 0.497. The Bertz CT molecular complexity index is 1280. The lowest BCUT2D eigenvalue weighted by Gasteiger charge is -2.07. The SMILES string of the molecule is CCc1nc2c(N)nc3ccccc3c2n1CC#Cc1cccc(C(F)(F)F)c1. The number of alkyl halides is 3. The molecule has 0 aliphatic rings. The topological polar surface area (TPSA) is 56.7 Å². The van der Waals surface area contributed by atoms with Crippen molar-refractivity contribution in [1.82, 2.24) is 14.5 Å². The molecule has 4 nitrogen and oxygen atoms in total. The third-order valence-electron chi connectivity index (χ3n) is 4.67. The van der Waals surface area contributed by atoms with E-state index in [9.17, 15) is 13.2 Å². The van der Waals surface area contributed by atoms with Crippen LogP contribution in [0.25, 0.3) is 21.9 Å². The summed E-state index contributed by atoms with van der Waals surface area (Å²) in [6.45, 7) is 2.26. The Morgan fingerprint density at radius 2 is 1.86 bits per heavy atom. The van der Waals surface area contributed by atoms with E-state index in [-0.39, 0.29) is 6.54 Å². The molecule has 0 atom stereocenters. The number of hydrogen-bond acceptors (Lipinski definition) is 3. The Balaban J connectivity index is 1.79. The number of nitrogen functional groups attached to an aromatic ring is 1. The molecule has 0 saturated carbocycles. The van der Waals surface area contributed by atoms with Crippen molar-refractivity contribution in [1.29, 1.82) is 0 Å². The Morgan fingerprint density at radius 1 is 1.07 bits per heavy atom. The van der Waals surface area contributed by atoms with Gasteiger partial charge in [0.15, 0.2) is 5.82 Å². The summed E-state index contributed by atoms with van der Waals surface area (Å²) in [5, 5.41) is 0.907. The van der Waals surface area contributed by atoms with Gasteiger partial charge in [-0.2, -0.15) is 13.2 Å². The van der Waals surface area contributed by atoms with Crippen LogP contribution in [-0.2, 0) is 19.1 Å². The van der Waals surface area contributed by atoms with Crippen LogP contribution in [0.5, 0.6) is 0 Å². The van der Waals surface area contributed by atoms with E-state index in [0.29, 0.717) is 23.3 Å². The maximum absolute atomic E-state index is 12.9. The third kappa shape index (κ3) is 3.49. The fraction of sp³-hybridized carbons (Fsp3) is 0.182. The number of imidazole rings is 1. The van der Waals surface area contributed by atoms with Gasteiger partial charge >= 0.3 is 6.18 Å².